The van der Waals surface area contributed by atoms with Crippen molar-refractivity contribution < 1.29 is 34.9 Å². The third-order valence-electron chi connectivity index (χ3n) is 3.77. The Kier molecular flexibility index (Phi) is 5.20. The zero-order valence-electron chi connectivity index (χ0n) is 13.8. The lowest BCUT2D eigenvalue weighted by Gasteiger charge is -2.09. The Hall–Kier alpha value is -2.46. The average Bonchev–Trinajstić information content (AvgIpc) is 3.00. The molecule has 3 aromatic rings. The van der Waals surface area contributed by atoms with Gasteiger partial charge in [-0.25, -0.2) is 30.4 Å². The van der Waals surface area contributed by atoms with Crippen LogP contribution in [0.4, 0.5) is 22.0 Å². The monoisotopic (exact) mass is 437 g/mol. The fraction of sp³-hybridized carbons (Fsp3) is 0.118. The molecule has 0 fully saturated rings. The van der Waals surface area contributed by atoms with Crippen LogP contribution >= 0.6 is 11.6 Å². The molecule has 0 aliphatic carbocycles. The first kappa shape index (κ1) is 20.3. The van der Waals surface area contributed by atoms with Crippen molar-refractivity contribution in [2.75, 3.05) is 6.26 Å². The van der Waals surface area contributed by atoms with Gasteiger partial charge in [-0.15, -0.1) is 0 Å². The van der Waals surface area contributed by atoms with E-state index in [0.29, 0.717) is 18.4 Å². The summed E-state index contributed by atoms with van der Waals surface area (Å²) in [6.07, 6.45) is -2.60. The molecule has 0 saturated carbocycles. The quantitative estimate of drug-likeness (QED) is 0.511. The van der Waals surface area contributed by atoms with E-state index in [1.165, 1.54) is 0 Å². The van der Waals surface area contributed by atoms with Crippen LogP contribution in [0, 0.1) is 17.5 Å². The van der Waals surface area contributed by atoms with Gasteiger partial charge >= 0.3 is 0 Å². The van der Waals surface area contributed by atoms with Crippen molar-refractivity contribution in [3.05, 3.63) is 58.6 Å². The summed E-state index contributed by atoms with van der Waals surface area (Å²) in [6, 6.07) is 4.34. The number of aromatic nitrogens is 1. The minimum Gasteiger partial charge on any atom is -0.354 e. The third kappa shape index (κ3) is 3.61. The maximum atomic E-state index is 14.3. The van der Waals surface area contributed by atoms with Gasteiger partial charge in [0.25, 0.3) is 6.43 Å². The SMILES string of the molecule is CS(=O)(=O)c1c(F)cc(-c2c(-c3ccc(F)c(Cl)c3)noc2C(F)F)cc1F. The molecule has 0 atom stereocenters. The summed E-state index contributed by atoms with van der Waals surface area (Å²) in [4.78, 5) is -1.20. The average molecular weight is 438 g/mol. The number of sulfone groups is 1. The molecule has 0 bridgehead atoms. The van der Waals surface area contributed by atoms with Crippen molar-refractivity contribution in [1.82, 2.24) is 5.16 Å². The predicted molar refractivity (Wildman–Crippen MR) is 90.3 cm³/mol. The highest BCUT2D eigenvalue weighted by atomic mass is 35.5. The van der Waals surface area contributed by atoms with Gasteiger partial charge in [0.1, 0.15) is 28.0 Å². The second kappa shape index (κ2) is 7.17. The topological polar surface area (TPSA) is 60.2 Å². The Morgan fingerprint density at radius 1 is 1.00 bits per heavy atom. The molecule has 11 heteroatoms. The molecule has 0 saturated heterocycles. The van der Waals surface area contributed by atoms with Gasteiger partial charge in [-0.05, 0) is 35.9 Å². The van der Waals surface area contributed by atoms with E-state index in [0.717, 1.165) is 18.2 Å². The lowest BCUT2D eigenvalue weighted by atomic mass is 9.99. The first-order valence-corrected chi connectivity index (χ1v) is 9.70. The predicted octanol–water partition coefficient (Wildman–Crippen LogP) is 5.42. The molecule has 1 aromatic heterocycles. The fourth-order valence-corrected chi connectivity index (χ4v) is 3.64. The fourth-order valence-electron chi connectivity index (χ4n) is 2.63. The Bertz CT molecular complexity index is 1150. The highest BCUT2D eigenvalue weighted by Crippen LogP contribution is 2.41. The lowest BCUT2D eigenvalue weighted by molar-refractivity contribution is 0.113. The van der Waals surface area contributed by atoms with Gasteiger partial charge < -0.3 is 4.52 Å². The maximum absolute atomic E-state index is 14.3. The van der Waals surface area contributed by atoms with Gasteiger partial charge in [-0.1, -0.05) is 16.8 Å². The molecule has 3 rings (SSSR count). The van der Waals surface area contributed by atoms with Crippen LogP contribution in [0.15, 0.2) is 39.8 Å². The number of rotatable bonds is 4. The molecule has 2 aromatic carbocycles. The molecule has 28 heavy (non-hydrogen) atoms. The van der Waals surface area contributed by atoms with Crippen LogP contribution in [0.5, 0.6) is 0 Å². The Morgan fingerprint density at radius 2 is 1.61 bits per heavy atom. The van der Waals surface area contributed by atoms with E-state index in [1.807, 2.05) is 0 Å². The molecular formula is C17H9ClF5NO3S. The molecule has 0 amide bonds. The summed E-state index contributed by atoms with van der Waals surface area (Å²) in [5.74, 6) is -4.72. The Labute approximate surface area is 160 Å². The standard InChI is InChI=1S/C17H9ClF5NO3S/c1-28(25,26)16-11(20)5-8(6-12(16)21)13-14(24-27-15(13)17(22)23)7-2-3-10(19)9(18)4-7/h2-6,17H,1H3. The van der Waals surface area contributed by atoms with Crippen LogP contribution < -0.4 is 0 Å². The summed E-state index contributed by atoms with van der Waals surface area (Å²) in [7, 11) is -4.25. The Morgan fingerprint density at radius 3 is 2.11 bits per heavy atom. The Balaban J connectivity index is 2.30. The van der Waals surface area contributed by atoms with Crippen molar-refractivity contribution in [3.8, 4) is 22.4 Å². The summed E-state index contributed by atoms with van der Waals surface area (Å²) in [6.45, 7) is 0. The highest BCUT2D eigenvalue weighted by molar-refractivity contribution is 7.90. The van der Waals surface area contributed by atoms with Crippen LogP contribution in [-0.4, -0.2) is 19.8 Å². The van der Waals surface area contributed by atoms with Crippen molar-refractivity contribution in [2.45, 2.75) is 11.3 Å². The van der Waals surface area contributed by atoms with Crippen LogP contribution in [0.1, 0.15) is 12.2 Å². The van der Waals surface area contributed by atoms with Crippen LogP contribution in [0.2, 0.25) is 5.02 Å². The van der Waals surface area contributed by atoms with Gasteiger partial charge in [0.05, 0.1) is 10.6 Å². The van der Waals surface area contributed by atoms with E-state index in [2.05, 4.69) is 9.68 Å². The molecule has 0 aliphatic rings. The second-order valence-corrected chi connectivity index (χ2v) is 8.10. The van der Waals surface area contributed by atoms with Crippen molar-refractivity contribution in [3.63, 3.8) is 0 Å². The number of hydrogen-bond acceptors (Lipinski definition) is 4. The second-order valence-electron chi connectivity index (χ2n) is 5.74. The number of alkyl halides is 2. The number of hydrogen-bond donors (Lipinski definition) is 0. The zero-order valence-corrected chi connectivity index (χ0v) is 15.4. The summed E-state index contributed by atoms with van der Waals surface area (Å²) in [5.41, 5.74) is -1.14. The molecular weight excluding hydrogens is 429 g/mol. The van der Waals surface area contributed by atoms with Crippen molar-refractivity contribution in [2.24, 2.45) is 0 Å². The van der Waals surface area contributed by atoms with Crippen LogP contribution in [-0.2, 0) is 9.84 Å². The van der Waals surface area contributed by atoms with Crippen LogP contribution in [0.25, 0.3) is 22.4 Å². The van der Waals surface area contributed by atoms with Gasteiger partial charge in [-0.3, -0.25) is 0 Å². The maximum Gasteiger partial charge on any atom is 0.298 e. The van der Waals surface area contributed by atoms with E-state index in [9.17, 15) is 30.4 Å². The van der Waals surface area contributed by atoms with E-state index in [-0.39, 0.29) is 16.3 Å². The minimum absolute atomic E-state index is 0.0463. The van der Waals surface area contributed by atoms with Crippen molar-refractivity contribution >= 4 is 21.4 Å². The molecule has 148 valence electrons. The normalized spacial score (nSPS) is 12.0. The van der Waals surface area contributed by atoms with E-state index in [4.69, 9.17) is 11.6 Å². The minimum atomic E-state index is -4.25. The summed E-state index contributed by atoms with van der Waals surface area (Å²) >= 11 is 5.68. The lowest BCUT2D eigenvalue weighted by Crippen LogP contribution is -2.05. The van der Waals surface area contributed by atoms with E-state index < -0.39 is 55.5 Å². The van der Waals surface area contributed by atoms with Crippen LogP contribution in [0.3, 0.4) is 0 Å². The number of benzene rings is 2. The molecule has 0 unspecified atom stereocenters. The highest BCUT2D eigenvalue weighted by Gasteiger charge is 2.29. The third-order valence-corrected chi connectivity index (χ3v) is 5.19. The van der Waals surface area contributed by atoms with E-state index >= 15 is 0 Å². The van der Waals surface area contributed by atoms with Gasteiger partial charge in [0, 0.05) is 11.8 Å². The van der Waals surface area contributed by atoms with E-state index in [1.54, 1.807) is 0 Å². The van der Waals surface area contributed by atoms with Gasteiger partial charge in [-0.2, -0.15) is 0 Å². The molecule has 0 spiro atoms. The largest absolute Gasteiger partial charge is 0.354 e. The number of nitrogens with zero attached hydrogens (tertiary/aromatic N) is 1. The molecule has 1 heterocycles. The van der Waals surface area contributed by atoms with Gasteiger partial charge in [0.2, 0.25) is 5.76 Å². The summed E-state index contributed by atoms with van der Waals surface area (Å²) in [5, 5.41) is 3.15. The number of halogens is 6. The van der Waals surface area contributed by atoms with Gasteiger partial charge in [0.15, 0.2) is 9.84 Å². The molecule has 0 radical (unpaired) electrons. The molecule has 4 nitrogen and oxygen atoms in total. The first-order chi connectivity index (χ1) is 13.0. The zero-order chi connectivity index (χ0) is 20.8. The van der Waals surface area contributed by atoms with Crippen molar-refractivity contribution in [1.29, 1.82) is 0 Å². The first-order valence-electron chi connectivity index (χ1n) is 7.43. The summed E-state index contributed by atoms with van der Waals surface area (Å²) < 4.78 is 96.3. The molecule has 0 aliphatic heterocycles. The smallest absolute Gasteiger partial charge is 0.298 e. The molecule has 0 N–H and O–H groups in total.